The molecule has 3 aliphatic carbocycles. The highest BCUT2D eigenvalue weighted by atomic mass is 19.1. The van der Waals surface area contributed by atoms with E-state index < -0.39 is 0 Å². The lowest BCUT2D eigenvalue weighted by Gasteiger charge is -2.56. The number of halogens is 1. The van der Waals surface area contributed by atoms with Crippen molar-refractivity contribution in [2.75, 3.05) is 13.7 Å². The topological polar surface area (TPSA) is 47.6 Å². The summed E-state index contributed by atoms with van der Waals surface area (Å²) >= 11 is 0. The number of methoxy groups -OCH3 is 1. The average molecular weight is 335 g/mol. The smallest absolute Gasteiger partial charge is 0.258 e. The predicted octanol–water partition coefficient (Wildman–Crippen LogP) is 3.37. The van der Waals surface area contributed by atoms with E-state index in [0.29, 0.717) is 16.7 Å². The Labute approximate surface area is 142 Å². The molecule has 1 unspecified atom stereocenters. The highest BCUT2D eigenvalue weighted by molar-refractivity contribution is 5.78. The van der Waals surface area contributed by atoms with Gasteiger partial charge >= 0.3 is 0 Å². The van der Waals surface area contributed by atoms with E-state index in [4.69, 9.17) is 9.47 Å². The summed E-state index contributed by atoms with van der Waals surface area (Å²) in [6, 6.07) is 4.63. The Bertz CT molecular complexity index is 623. The highest BCUT2D eigenvalue weighted by Crippen LogP contribution is 2.52. The number of carbonyl (C=O) groups excluding carboxylic acids is 1. The maximum Gasteiger partial charge on any atom is 0.258 e. The van der Waals surface area contributed by atoms with Crippen molar-refractivity contribution in [1.82, 2.24) is 5.32 Å². The number of rotatable bonds is 5. The minimum Gasteiger partial charge on any atom is -0.484 e. The van der Waals surface area contributed by atoms with Gasteiger partial charge in [0.25, 0.3) is 5.91 Å². The molecule has 1 aromatic carbocycles. The van der Waals surface area contributed by atoms with E-state index in [0.717, 1.165) is 32.1 Å². The normalized spacial score (nSPS) is 31.8. The van der Waals surface area contributed by atoms with Crippen molar-refractivity contribution < 1.29 is 18.7 Å². The van der Waals surface area contributed by atoms with Crippen LogP contribution in [0.3, 0.4) is 0 Å². The van der Waals surface area contributed by atoms with Crippen LogP contribution in [-0.4, -0.2) is 31.3 Å². The maximum absolute atomic E-state index is 13.5. The number of ether oxygens (including phenoxy) is 2. The zero-order chi connectivity index (χ0) is 17.4. The minimum absolute atomic E-state index is 0.0470. The van der Waals surface area contributed by atoms with Gasteiger partial charge in [0.15, 0.2) is 6.61 Å². The van der Waals surface area contributed by atoms with Crippen LogP contribution in [0.1, 0.15) is 44.6 Å². The monoisotopic (exact) mass is 335 g/mol. The fourth-order valence-corrected chi connectivity index (χ4v) is 4.11. The Balaban J connectivity index is 1.60. The van der Waals surface area contributed by atoms with Crippen molar-refractivity contribution in [3.8, 4) is 5.75 Å². The first-order valence-corrected chi connectivity index (χ1v) is 8.59. The summed E-state index contributed by atoms with van der Waals surface area (Å²) in [5, 5.41) is 3.15. The van der Waals surface area contributed by atoms with Crippen molar-refractivity contribution >= 4 is 5.91 Å². The van der Waals surface area contributed by atoms with Gasteiger partial charge in [0, 0.05) is 13.2 Å². The van der Waals surface area contributed by atoms with Crippen LogP contribution in [0.2, 0.25) is 0 Å². The molecule has 0 radical (unpaired) electrons. The zero-order valence-electron chi connectivity index (χ0n) is 14.7. The van der Waals surface area contributed by atoms with Crippen molar-refractivity contribution in [2.24, 2.45) is 5.41 Å². The summed E-state index contributed by atoms with van der Waals surface area (Å²) in [5.74, 6) is -0.137. The number of carbonyl (C=O) groups is 1. The first-order chi connectivity index (χ1) is 11.4. The van der Waals surface area contributed by atoms with E-state index in [9.17, 15) is 9.18 Å². The summed E-state index contributed by atoms with van der Waals surface area (Å²) in [6.07, 6.45) is 5.12. The van der Waals surface area contributed by atoms with E-state index in [-0.39, 0.29) is 30.0 Å². The highest BCUT2D eigenvalue weighted by Gasteiger charge is 2.53. The van der Waals surface area contributed by atoms with E-state index >= 15 is 0 Å². The molecule has 4 rings (SSSR count). The van der Waals surface area contributed by atoms with Gasteiger partial charge in [-0.1, -0.05) is 13.0 Å². The van der Waals surface area contributed by atoms with Crippen LogP contribution in [-0.2, 0) is 9.53 Å². The molecule has 0 saturated heterocycles. The molecule has 3 fully saturated rings. The molecule has 0 aromatic heterocycles. The van der Waals surface area contributed by atoms with Crippen LogP contribution in [0.5, 0.6) is 5.75 Å². The van der Waals surface area contributed by atoms with E-state index in [2.05, 4.69) is 12.2 Å². The fourth-order valence-electron chi connectivity index (χ4n) is 4.11. The van der Waals surface area contributed by atoms with Crippen LogP contribution in [0.4, 0.5) is 4.39 Å². The van der Waals surface area contributed by atoms with Gasteiger partial charge < -0.3 is 14.8 Å². The van der Waals surface area contributed by atoms with Crippen molar-refractivity contribution in [3.63, 3.8) is 0 Å². The van der Waals surface area contributed by atoms with Crippen LogP contribution in [0, 0.1) is 18.2 Å². The van der Waals surface area contributed by atoms with Crippen LogP contribution >= 0.6 is 0 Å². The minimum atomic E-state index is -0.329. The SMILES string of the molecule is COC1CC2(C)CCC1(NC(=O)COc1ccc(C)c(F)c1)CC2. The predicted molar refractivity (Wildman–Crippen MR) is 89.5 cm³/mol. The van der Waals surface area contributed by atoms with E-state index in [1.807, 2.05) is 0 Å². The summed E-state index contributed by atoms with van der Waals surface area (Å²) in [4.78, 5) is 12.4. The van der Waals surface area contributed by atoms with Gasteiger partial charge in [0.05, 0.1) is 11.6 Å². The summed E-state index contributed by atoms with van der Waals surface area (Å²) in [5.41, 5.74) is 0.607. The maximum atomic E-state index is 13.5. The third-order valence-electron chi connectivity index (χ3n) is 5.83. The molecule has 1 amide bonds. The largest absolute Gasteiger partial charge is 0.484 e. The third kappa shape index (κ3) is 3.27. The molecule has 1 N–H and O–H groups in total. The Kier molecular flexibility index (Phi) is 4.56. The number of nitrogens with one attached hydrogen (secondary N) is 1. The molecule has 0 aliphatic heterocycles. The molecule has 1 aromatic rings. The third-order valence-corrected chi connectivity index (χ3v) is 5.83. The van der Waals surface area contributed by atoms with Gasteiger partial charge in [-0.25, -0.2) is 4.39 Å². The first-order valence-electron chi connectivity index (χ1n) is 8.59. The van der Waals surface area contributed by atoms with Crippen molar-refractivity contribution in [3.05, 3.63) is 29.6 Å². The Morgan fingerprint density at radius 3 is 2.67 bits per heavy atom. The van der Waals surface area contributed by atoms with Gasteiger partial charge in [-0.15, -0.1) is 0 Å². The van der Waals surface area contributed by atoms with Gasteiger partial charge in [0.2, 0.25) is 0 Å². The Hall–Kier alpha value is -1.62. The molecular formula is C19H26FNO3. The molecule has 132 valence electrons. The second kappa shape index (κ2) is 6.36. The van der Waals surface area contributed by atoms with Gasteiger partial charge in [-0.05, 0) is 56.1 Å². The summed E-state index contributed by atoms with van der Waals surface area (Å²) < 4.78 is 24.7. The van der Waals surface area contributed by atoms with Crippen LogP contribution in [0.15, 0.2) is 18.2 Å². The van der Waals surface area contributed by atoms with E-state index in [1.54, 1.807) is 26.2 Å². The molecule has 3 saturated carbocycles. The molecule has 0 heterocycles. The number of amides is 1. The second-order valence-corrected chi connectivity index (χ2v) is 7.64. The van der Waals surface area contributed by atoms with Gasteiger partial charge in [0.1, 0.15) is 11.6 Å². The number of hydrogen-bond acceptors (Lipinski definition) is 3. The average Bonchev–Trinajstić information content (AvgIpc) is 2.56. The molecule has 5 heteroatoms. The van der Waals surface area contributed by atoms with Crippen molar-refractivity contribution in [1.29, 1.82) is 0 Å². The van der Waals surface area contributed by atoms with Gasteiger partial charge in [-0.3, -0.25) is 4.79 Å². The first kappa shape index (κ1) is 17.2. The molecular weight excluding hydrogens is 309 g/mol. The van der Waals surface area contributed by atoms with Gasteiger partial charge in [-0.2, -0.15) is 0 Å². The number of fused-ring (bicyclic) bond motifs is 3. The number of benzene rings is 1. The quantitative estimate of drug-likeness (QED) is 0.897. The zero-order valence-corrected chi connectivity index (χ0v) is 14.7. The lowest BCUT2D eigenvalue weighted by Crippen LogP contribution is -2.65. The summed E-state index contributed by atoms with van der Waals surface area (Å²) in [6.45, 7) is 3.88. The number of hydrogen-bond donors (Lipinski definition) is 1. The summed E-state index contributed by atoms with van der Waals surface area (Å²) in [7, 11) is 1.72. The molecule has 0 spiro atoms. The standard InChI is InChI=1S/C19H26FNO3/c1-13-4-5-14(10-15(13)20)24-12-17(22)21-19-8-6-18(2,7-9-19)11-16(19)23-3/h4-5,10,16H,6-9,11-12H2,1-3H3,(H,21,22). The Morgan fingerprint density at radius 1 is 1.33 bits per heavy atom. The molecule has 3 aliphatic rings. The molecule has 2 bridgehead atoms. The lowest BCUT2D eigenvalue weighted by molar-refractivity contribution is -0.137. The molecule has 4 nitrogen and oxygen atoms in total. The fraction of sp³-hybridized carbons (Fsp3) is 0.632. The molecule has 1 atom stereocenters. The van der Waals surface area contributed by atoms with Crippen LogP contribution < -0.4 is 10.1 Å². The lowest BCUT2D eigenvalue weighted by atomic mass is 9.56. The van der Waals surface area contributed by atoms with Crippen LogP contribution in [0.25, 0.3) is 0 Å². The Morgan fingerprint density at radius 2 is 2.04 bits per heavy atom. The van der Waals surface area contributed by atoms with E-state index in [1.165, 1.54) is 6.07 Å². The van der Waals surface area contributed by atoms with Crippen molar-refractivity contribution in [2.45, 2.75) is 57.6 Å². The number of aryl methyl sites for hydroxylation is 1. The molecule has 24 heavy (non-hydrogen) atoms. The second-order valence-electron chi connectivity index (χ2n) is 7.64.